The number of hydrogen-bond acceptors (Lipinski definition) is 6. The van der Waals surface area contributed by atoms with E-state index in [-0.39, 0.29) is 11.4 Å². The molecule has 0 unspecified atom stereocenters. The van der Waals surface area contributed by atoms with Gasteiger partial charge in [-0.2, -0.15) is 5.21 Å². The highest BCUT2D eigenvalue weighted by Gasteiger charge is 2.20. The van der Waals surface area contributed by atoms with Gasteiger partial charge in [-0.25, -0.2) is 4.39 Å². The zero-order valence-corrected chi connectivity index (χ0v) is 18.1. The Morgan fingerprint density at radius 3 is 2.68 bits per heavy atom. The molecule has 0 spiro atoms. The minimum atomic E-state index is -0.469. The number of aromatic nitrogens is 5. The Balaban J connectivity index is 1.80. The van der Waals surface area contributed by atoms with E-state index in [4.69, 9.17) is 4.74 Å². The lowest BCUT2D eigenvalue weighted by molar-refractivity contribution is 0.308. The zero-order valence-electron chi connectivity index (χ0n) is 17.2. The fourth-order valence-electron chi connectivity index (χ4n) is 3.24. The fourth-order valence-corrected chi connectivity index (χ4v) is 4.21. The average Bonchev–Trinajstić information content (AvgIpc) is 3.45. The molecule has 7 nitrogen and oxygen atoms in total. The molecule has 4 aromatic rings. The molecule has 9 heteroatoms. The van der Waals surface area contributed by atoms with E-state index in [0.29, 0.717) is 29.2 Å². The summed E-state index contributed by atoms with van der Waals surface area (Å²) >= 11 is 1.58. The molecule has 2 N–H and O–H groups in total. The normalized spacial score (nSPS) is 11.1. The van der Waals surface area contributed by atoms with Crippen LogP contribution in [0.3, 0.4) is 0 Å². The molecule has 3 aromatic heterocycles. The zero-order chi connectivity index (χ0) is 21.8. The van der Waals surface area contributed by atoms with Crippen LogP contribution in [0.5, 0.6) is 5.75 Å². The number of thiophene rings is 1. The van der Waals surface area contributed by atoms with Crippen LogP contribution in [0.25, 0.3) is 33.1 Å². The number of aromatic amines is 2. The number of pyridine rings is 1. The molecule has 0 aliphatic rings. The predicted octanol–water partition coefficient (Wildman–Crippen LogP) is 4.83. The molecule has 0 saturated carbocycles. The molecule has 1 aromatic carbocycles. The van der Waals surface area contributed by atoms with Gasteiger partial charge in [-0.1, -0.05) is 20.3 Å². The van der Waals surface area contributed by atoms with Crippen LogP contribution in [-0.4, -0.2) is 32.2 Å². The summed E-state index contributed by atoms with van der Waals surface area (Å²) in [5, 5.41) is 13.9. The summed E-state index contributed by atoms with van der Waals surface area (Å²) in [7, 11) is 0. The number of H-pyrrole nitrogens is 2. The molecule has 0 saturated heterocycles. The van der Waals surface area contributed by atoms with Gasteiger partial charge >= 0.3 is 0 Å². The minimum absolute atomic E-state index is 0.189. The maximum Gasteiger partial charge on any atom is 0.260 e. The quantitative estimate of drug-likeness (QED) is 0.383. The Kier molecular flexibility index (Phi) is 6.22. The van der Waals surface area contributed by atoms with Crippen LogP contribution in [0, 0.1) is 5.82 Å². The number of unbranched alkanes of at least 4 members (excludes halogenated alkanes) is 1. The van der Waals surface area contributed by atoms with Gasteiger partial charge in [0, 0.05) is 26.9 Å². The van der Waals surface area contributed by atoms with Gasteiger partial charge in [0.05, 0.1) is 17.9 Å². The molecule has 0 aliphatic carbocycles. The van der Waals surface area contributed by atoms with Crippen molar-refractivity contribution >= 4 is 11.3 Å². The van der Waals surface area contributed by atoms with E-state index in [1.165, 1.54) is 10.9 Å². The SMILES string of the molecule is CCCCOc1ccc(-c2cc(-c3ccc(CC)s3)c(-c3nn[nH]n3)c(=O)[nH]2)c(F)c1. The van der Waals surface area contributed by atoms with Crippen LogP contribution in [0.15, 0.2) is 41.2 Å². The summed E-state index contributed by atoms with van der Waals surface area (Å²) in [6.45, 7) is 4.67. The topological polar surface area (TPSA) is 96.6 Å². The lowest BCUT2D eigenvalue weighted by Gasteiger charge is -2.11. The van der Waals surface area contributed by atoms with Gasteiger partial charge in [0.2, 0.25) is 5.82 Å². The Morgan fingerprint density at radius 2 is 2.00 bits per heavy atom. The Hall–Kier alpha value is -3.33. The van der Waals surface area contributed by atoms with E-state index in [1.807, 2.05) is 12.1 Å². The van der Waals surface area contributed by atoms with Crippen molar-refractivity contribution in [1.29, 1.82) is 0 Å². The number of ether oxygens (including phenoxy) is 1. The molecule has 0 aliphatic heterocycles. The molecule has 0 atom stereocenters. The van der Waals surface area contributed by atoms with Crippen LogP contribution in [0.1, 0.15) is 31.6 Å². The van der Waals surface area contributed by atoms with Gasteiger partial charge in [-0.05, 0) is 48.4 Å². The lowest BCUT2D eigenvalue weighted by Crippen LogP contribution is -2.13. The van der Waals surface area contributed by atoms with Crippen molar-refractivity contribution < 1.29 is 9.13 Å². The lowest BCUT2D eigenvalue weighted by atomic mass is 10.0. The van der Waals surface area contributed by atoms with E-state index in [9.17, 15) is 9.18 Å². The highest BCUT2D eigenvalue weighted by atomic mass is 32.1. The third-order valence-electron chi connectivity index (χ3n) is 4.88. The van der Waals surface area contributed by atoms with Gasteiger partial charge in [-0.15, -0.1) is 21.5 Å². The number of tetrazole rings is 1. The Labute approximate surface area is 182 Å². The van der Waals surface area contributed by atoms with Gasteiger partial charge < -0.3 is 9.72 Å². The summed E-state index contributed by atoms with van der Waals surface area (Å²) in [5.41, 5.74) is 1.17. The minimum Gasteiger partial charge on any atom is -0.493 e. The number of halogens is 1. The standard InChI is InChI=1S/C22H22FN5O2S/c1-3-5-10-30-13-6-8-15(17(23)11-13)18-12-16(19-9-7-14(4-2)31-19)20(22(29)24-18)21-25-27-28-26-21/h6-9,11-12H,3-5,10H2,1-2H3,(H,24,29)(H,25,26,27,28). The van der Waals surface area contributed by atoms with E-state index in [2.05, 4.69) is 39.5 Å². The number of nitrogens with zero attached hydrogens (tertiary/aromatic N) is 3. The van der Waals surface area contributed by atoms with Crippen LogP contribution in [0.4, 0.5) is 4.39 Å². The molecule has 0 fully saturated rings. The van der Waals surface area contributed by atoms with Crippen molar-refractivity contribution in [1.82, 2.24) is 25.6 Å². The summed E-state index contributed by atoms with van der Waals surface area (Å²) in [4.78, 5) is 17.8. The third-order valence-corrected chi connectivity index (χ3v) is 6.14. The van der Waals surface area contributed by atoms with E-state index in [0.717, 1.165) is 24.1 Å². The average molecular weight is 440 g/mol. The van der Waals surface area contributed by atoms with Crippen molar-refractivity contribution in [3.05, 3.63) is 57.4 Å². The summed E-state index contributed by atoms with van der Waals surface area (Å²) in [6, 6.07) is 10.4. The largest absolute Gasteiger partial charge is 0.493 e. The fraction of sp³-hybridized carbons (Fsp3) is 0.273. The highest BCUT2D eigenvalue weighted by molar-refractivity contribution is 7.15. The van der Waals surface area contributed by atoms with Gasteiger partial charge in [0.15, 0.2) is 0 Å². The number of benzene rings is 1. The smallest absolute Gasteiger partial charge is 0.260 e. The van der Waals surface area contributed by atoms with Crippen LogP contribution < -0.4 is 10.3 Å². The number of nitrogens with one attached hydrogen (secondary N) is 2. The monoisotopic (exact) mass is 439 g/mol. The molecule has 31 heavy (non-hydrogen) atoms. The molecule has 0 amide bonds. The molecule has 4 rings (SSSR count). The summed E-state index contributed by atoms with van der Waals surface area (Å²) < 4.78 is 20.5. The first-order chi connectivity index (χ1) is 15.1. The van der Waals surface area contributed by atoms with Gasteiger partial charge in [0.25, 0.3) is 5.56 Å². The molecular weight excluding hydrogens is 417 g/mol. The van der Waals surface area contributed by atoms with Crippen molar-refractivity contribution in [2.45, 2.75) is 33.1 Å². The maximum absolute atomic E-state index is 14.9. The first-order valence-electron chi connectivity index (χ1n) is 10.1. The second kappa shape index (κ2) is 9.22. The number of hydrogen-bond donors (Lipinski definition) is 2. The number of aryl methyl sites for hydroxylation is 1. The summed E-state index contributed by atoms with van der Waals surface area (Å²) in [6.07, 6.45) is 2.78. The van der Waals surface area contributed by atoms with E-state index in [1.54, 1.807) is 29.5 Å². The van der Waals surface area contributed by atoms with E-state index >= 15 is 0 Å². The first-order valence-corrected chi connectivity index (χ1v) is 10.9. The summed E-state index contributed by atoms with van der Waals surface area (Å²) in [5.74, 6) is 0.185. The van der Waals surface area contributed by atoms with Crippen LogP contribution in [-0.2, 0) is 6.42 Å². The van der Waals surface area contributed by atoms with Gasteiger partial charge in [-0.3, -0.25) is 4.79 Å². The van der Waals surface area contributed by atoms with Crippen molar-refractivity contribution in [3.8, 4) is 38.8 Å². The van der Waals surface area contributed by atoms with Crippen LogP contribution in [0.2, 0.25) is 0 Å². The molecule has 3 heterocycles. The second-order valence-corrected chi connectivity index (χ2v) is 8.17. The Morgan fingerprint density at radius 1 is 1.13 bits per heavy atom. The molecule has 0 radical (unpaired) electrons. The van der Waals surface area contributed by atoms with Crippen molar-refractivity contribution in [3.63, 3.8) is 0 Å². The third kappa shape index (κ3) is 4.41. The maximum atomic E-state index is 14.9. The molecule has 160 valence electrons. The molecule has 0 bridgehead atoms. The predicted molar refractivity (Wildman–Crippen MR) is 119 cm³/mol. The highest BCUT2D eigenvalue weighted by Crippen LogP contribution is 2.36. The Bertz CT molecular complexity index is 1230. The van der Waals surface area contributed by atoms with E-state index < -0.39 is 11.4 Å². The number of rotatable bonds is 8. The first kappa shape index (κ1) is 20.9. The van der Waals surface area contributed by atoms with Crippen molar-refractivity contribution in [2.75, 3.05) is 6.61 Å². The van der Waals surface area contributed by atoms with Crippen LogP contribution >= 0.6 is 11.3 Å². The van der Waals surface area contributed by atoms with Crippen molar-refractivity contribution in [2.24, 2.45) is 0 Å². The van der Waals surface area contributed by atoms with Gasteiger partial charge in [0.1, 0.15) is 11.6 Å². The molecular formula is C22H22FN5O2S. The second-order valence-electron chi connectivity index (χ2n) is 7.00.